The number of aryl methyl sites for hydroxylation is 2. The molecule has 1 aromatic heterocycles. The number of ether oxygens (including phenoxy) is 2. The van der Waals surface area contributed by atoms with Crippen LogP contribution in [0, 0.1) is 13.8 Å². The maximum atomic E-state index is 14.1. The summed E-state index contributed by atoms with van der Waals surface area (Å²) in [7, 11) is -0.577. The Hall–Kier alpha value is -3.49. The molecule has 0 aliphatic heterocycles. The third kappa shape index (κ3) is 5.05. The lowest BCUT2D eigenvalue weighted by Gasteiger charge is -2.22. The number of rotatable bonds is 8. The molecule has 1 atom stereocenters. The van der Waals surface area contributed by atoms with Crippen molar-refractivity contribution in [1.82, 2.24) is 4.98 Å². The van der Waals surface area contributed by atoms with Crippen molar-refractivity contribution in [3.63, 3.8) is 0 Å². The predicted octanol–water partition coefficient (Wildman–Crippen LogP) is 5.89. The fourth-order valence-electron chi connectivity index (χ4n) is 4.31. The van der Waals surface area contributed by atoms with Crippen LogP contribution >= 0.6 is 11.6 Å². The molecule has 188 valence electrons. The molecule has 0 aliphatic carbocycles. The van der Waals surface area contributed by atoms with E-state index in [1.807, 2.05) is 26.0 Å². The summed E-state index contributed by atoms with van der Waals surface area (Å²) in [5.74, 6) is 0.537. The van der Waals surface area contributed by atoms with Gasteiger partial charge in [-0.15, -0.1) is 0 Å². The summed E-state index contributed by atoms with van der Waals surface area (Å²) in [5.41, 5.74) is 4.40. The van der Waals surface area contributed by atoms with E-state index in [0.29, 0.717) is 33.3 Å². The minimum atomic E-state index is -3.53. The molecule has 0 aliphatic rings. The van der Waals surface area contributed by atoms with Crippen LogP contribution in [0.3, 0.4) is 0 Å². The van der Waals surface area contributed by atoms with E-state index in [0.717, 1.165) is 28.3 Å². The van der Waals surface area contributed by atoms with Crippen molar-refractivity contribution < 1.29 is 22.7 Å². The van der Waals surface area contributed by atoms with E-state index >= 15 is 0 Å². The van der Waals surface area contributed by atoms with Gasteiger partial charge >= 0.3 is 0 Å². The zero-order valence-corrected chi connectivity index (χ0v) is 22.2. The molecule has 2 N–H and O–H groups in total. The Morgan fingerprint density at radius 3 is 2.44 bits per heavy atom. The summed E-state index contributed by atoms with van der Waals surface area (Å²) in [6.45, 7) is 3.97. The molecule has 0 saturated heterocycles. The topological polar surface area (TPSA) is 97.5 Å². The first-order valence-electron chi connectivity index (χ1n) is 11.1. The average molecular weight is 527 g/mol. The number of halogens is 1. The van der Waals surface area contributed by atoms with E-state index in [1.54, 1.807) is 30.5 Å². The third-order valence-corrected chi connectivity index (χ3v) is 7.35. The minimum absolute atomic E-state index is 0.0666. The molecule has 7 nitrogen and oxygen atoms in total. The summed E-state index contributed by atoms with van der Waals surface area (Å²) in [6, 6.07) is 12.7. The molecule has 9 heteroatoms. The summed E-state index contributed by atoms with van der Waals surface area (Å²) < 4.78 is 35.5. The van der Waals surface area contributed by atoms with E-state index in [2.05, 4.69) is 10.3 Å². The van der Waals surface area contributed by atoms with Gasteiger partial charge in [-0.05, 0) is 49.7 Å². The number of nitrogens with one attached hydrogen (secondary N) is 2. The van der Waals surface area contributed by atoms with Crippen molar-refractivity contribution in [1.29, 1.82) is 0 Å². The first-order valence-corrected chi connectivity index (χ1v) is 13.4. The summed E-state index contributed by atoms with van der Waals surface area (Å²) in [5, 5.41) is 4.49. The van der Waals surface area contributed by atoms with Gasteiger partial charge in [-0.25, -0.2) is 8.42 Å². The van der Waals surface area contributed by atoms with Crippen LogP contribution in [0.2, 0.25) is 5.02 Å². The molecule has 0 amide bonds. The Bertz CT molecular complexity index is 1580. The normalized spacial score (nSPS) is 12.4. The van der Waals surface area contributed by atoms with Gasteiger partial charge in [-0.3, -0.25) is 4.79 Å². The van der Waals surface area contributed by atoms with Crippen LogP contribution in [0.1, 0.15) is 33.1 Å². The SMILES string of the molecule is COc1cc(NC(C(=O)c2c[nH]c3c(C)cc(C)cc23)c2ccc(Cl)cc2OC)cc(S(C)(=O)=O)c1. The number of sulfone groups is 1. The molecule has 4 aromatic rings. The van der Waals surface area contributed by atoms with Gasteiger partial charge in [0, 0.05) is 51.3 Å². The number of ketones is 1. The Balaban J connectivity index is 1.89. The summed E-state index contributed by atoms with van der Waals surface area (Å²) >= 11 is 6.19. The number of benzene rings is 3. The number of aromatic nitrogens is 1. The van der Waals surface area contributed by atoms with Crippen LogP contribution in [0.25, 0.3) is 10.9 Å². The van der Waals surface area contributed by atoms with Crippen molar-refractivity contribution in [2.75, 3.05) is 25.8 Å². The van der Waals surface area contributed by atoms with E-state index < -0.39 is 15.9 Å². The molecular weight excluding hydrogens is 500 g/mol. The van der Waals surface area contributed by atoms with Gasteiger partial charge in [-0.1, -0.05) is 29.3 Å². The van der Waals surface area contributed by atoms with Crippen molar-refractivity contribution in [2.24, 2.45) is 0 Å². The quantitative estimate of drug-likeness (QED) is 0.278. The predicted molar refractivity (Wildman–Crippen MR) is 143 cm³/mol. The van der Waals surface area contributed by atoms with Gasteiger partial charge in [0.1, 0.15) is 17.5 Å². The van der Waals surface area contributed by atoms with Crippen LogP contribution in [0.15, 0.2) is 59.6 Å². The lowest BCUT2D eigenvalue weighted by molar-refractivity contribution is 0.0970. The number of H-pyrrole nitrogens is 1. The Morgan fingerprint density at radius 2 is 1.78 bits per heavy atom. The largest absolute Gasteiger partial charge is 0.497 e. The van der Waals surface area contributed by atoms with Crippen LogP contribution in [0.5, 0.6) is 11.5 Å². The van der Waals surface area contributed by atoms with Crippen LogP contribution in [-0.2, 0) is 9.84 Å². The first-order chi connectivity index (χ1) is 17.0. The number of carbonyl (C=O) groups is 1. The van der Waals surface area contributed by atoms with E-state index in [4.69, 9.17) is 21.1 Å². The molecule has 36 heavy (non-hydrogen) atoms. The highest BCUT2D eigenvalue weighted by Gasteiger charge is 2.28. The lowest BCUT2D eigenvalue weighted by atomic mass is 9.95. The maximum Gasteiger partial charge on any atom is 0.191 e. The van der Waals surface area contributed by atoms with Crippen LogP contribution in [-0.4, -0.2) is 39.7 Å². The smallest absolute Gasteiger partial charge is 0.191 e. The number of Topliss-reactive ketones (excluding diaryl/α,β-unsaturated/α-hetero) is 1. The van der Waals surface area contributed by atoms with Crippen molar-refractivity contribution in [2.45, 2.75) is 24.8 Å². The van der Waals surface area contributed by atoms with Crippen molar-refractivity contribution in [3.05, 3.63) is 82.0 Å². The standard InChI is InChI=1S/C27H27ClN2O5S/c1-15-8-16(2)25-22(9-15)23(14-29-25)27(31)26(21-7-6-17(28)10-24(21)35-4)30-18-11-19(34-3)13-20(12-18)36(5,32)33/h6-14,26,29-30H,1-5H3. The molecule has 4 rings (SSSR count). The highest BCUT2D eigenvalue weighted by atomic mass is 35.5. The fraction of sp³-hybridized carbons (Fsp3) is 0.222. The molecule has 3 aromatic carbocycles. The zero-order valence-electron chi connectivity index (χ0n) is 20.6. The minimum Gasteiger partial charge on any atom is -0.497 e. The number of anilines is 1. The average Bonchev–Trinajstić information content (AvgIpc) is 3.25. The Kier molecular flexibility index (Phi) is 7.02. The van der Waals surface area contributed by atoms with E-state index in [-0.39, 0.29) is 10.7 Å². The molecule has 0 spiro atoms. The molecule has 1 unspecified atom stereocenters. The van der Waals surface area contributed by atoms with Crippen molar-refractivity contribution >= 4 is 43.8 Å². The van der Waals surface area contributed by atoms with Gasteiger partial charge in [0.25, 0.3) is 0 Å². The lowest BCUT2D eigenvalue weighted by Crippen LogP contribution is -2.22. The fourth-order valence-corrected chi connectivity index (χ4v) is 5.15. The second-order valence-electron chi connectivity index (χ2n) is 8.70. The third-order valence-electron chi connectivity index (χ3n) is 6.02. The number of aromatic amines is 1. The van der Waals surface area contributed by atoms with Crippen LogP contribution in [0.4, 0.5) is 5.69 Å². The van der Waals surface area contributed by atoms with E-state index in [9.17, 15) is 13.2 Å². The number of fused-ring (bicyclic) bond motifs is 1. The van der Waals surface area contributed by atoms with Gasteiger partial charge in [0.2, 0.25) is 0 Å². The van der Waals surface area contributed by atoms with Gasteiger partial charge in [-0.2, -0.15) is 0 Å². The summed E-state index contributed by atoms with van der Waals surface area (Å²) in [4.78, 5) is 17.4. The highest BCUT2D eigenvalue weighted by molar-refractivity contribution is 7.90. The maximum absolute atomic E-state index is 14.1. The second-order valence-corrected chi connectivity index (χ2v) is 11.2. The van der Waals surface area contributed by atoms with Crippen molar-refractivity contribution in [3.8, 4) is 11.5 Å². The Morgan fingerprint density at radius 1 is 1.03 bits per heavy atom. The number of hydrogen-bond acceptors (Lipinski definition) is 6. The van der Waals surface area contributed by atoms with Crippen LogP contribution < -0.4 is 14.8 Å². The molecule has 1 heterocycles. The number of carbonyl (C=O) groups excluding carboxylic acids is 1. The number of methoxy groups -OCH3 is 2. The first kappa shape index (κ1) is 25.6. The Labute approximate surface area is 215 Å². The van der Waals surface area contributed by atoms with E-state index in [1.165, 1.54) is 26.4 Å². The molecule has 0 radical (unpaired) electrons. The molecule has 0 bridgehead atoms. The highest BCUT2D eigenvalue weighted by Crippen LogP contribution is 2.36. The number of hydrogen-bond donors (Lipinski definition) is 2. The second kappa shape index (κ2) is 9.87. The van der Waals surface area contributed by atoms with Gasteiger partial charge < -0.3 is 19.8 Å². The van der Waals surface area contributed by atoms with Gasteiger partial charge in [0.05, 0.1) is 19.1 Å². The monoisotopic (exact) mass is 526 g/mol. The zero-order chi connectivity index (χ0) is 26.2. The molecular formula is C27H27ClN2O5S. The molecule has 0 fully saturated rings. The summed E-state index contributed by atoms with van der Waals surface area (Å²) in [6.07, 6.45) is 2.82. The molecule has 0 saturated carbocycles. The van der Waals surface area contributed by atoms with Gasteiger partial charge in [0.15, 0.2) is 15.6 Å².